The Hall–Kier alpha value is -3.21. The number of nitrogens with zero attached hydrogens (tertiary/aromatic N) is 1. The first-order chi connectivity index (χ1) is 13.0. The molecule has 0 bridgehead atoms. The van der Waals surface area contributed by atoms with Crippen LogP contribution in [0, 0.1) is 6.92 Å². The second kappa shape index (κ2) is 6.50. The molecule has 5 nitrogen and oxygen atoms in total. The number of aromatic hydroxyl groups is 2. The second-order valence-corrected chi connectivity index (χ2v) is 6.80. The number of hydrogen-bond donors (Lipinski definition) is 2. The minimum Gasteiger partial charge on any atom is -0.508 e. The Balaban J connectivity index is 1.84. The maximum atomic E-state index is 12.7. The van der Waals surface area contributed by atoms with Gasteiger partial charge in [-0.2, -0.15) is 0 Å². The molecule has 2 N–H and O–H groups in total. The zero-order valence-electron chi connectivity index (χ0n) is 15.3. The van der Waals surface area contributed by atoms with E-state index in [1.54, 1.807) is 6.08 Å². The third kappa shape index (κ3) is 2.76. The molecule has 27 heavy (non-hydrogen) atoms. The van der Waals surface area contributed by atoms with Crippen molar-refractivity contribution in [1.82, 2.24) is 4.57 Å². The lowest BCUT2D eigenvalue weighted by Gasteiger charge is -2.07. The van der Waals surface area contributed by atoms with E-state index in [0.717, 1.165) is 47.6 Å². The number of hydrogen-bond acceptors (Lipinski definition) is 4. The van der Waals surface area contributed by atoms with Crippen molar-refractivity contribution in [3.63, 3.8) is 0 Å². The van der Waals surface area contributed by atoms with Crippen LogP contribution in [0.4, 0.5) is 0 Å². The van der Waals surface area contributed by atoms with Gasteiger partial charge in [0, 0.05) is 40.8 Å². The van der Waals surface area contributed by atoms with Gasteiger partial charge in [0.25, 0.3) is 0 Å². The van der Waals surface area contributed by atoms with E-state index in [9.17, 15) is 15.0 Å². The maximum Gasteiger partial charge on any atom is 0.235 e. The third-order valence-electron chi connectivity index (χ3n) is 5.03. The molecule has 1 aliphatic heterocycles. The molecular weight excluding hydrogens is 342 g/mol. The summed E-state index contributed by atoms with van der Waals surface area (Å²) in [5.41, 5.74) is 3.21. The molecule has 1 aromatic heterocycles. The molecule has 4 rings (SSSR count). The standard InChI is InChI=1S/C22H21NO4/c1-3-4-9-23-13(2)16(15-7-5-6-8-17(15)23)12-20-22(26)21-18(25)10-14(24)11-19(21)27-20/h5-8,10-12,24-25H,3-4,9H2,1-2H3/b20-12-. The Morgan fingerprint density at radius 2 is 1.96 bits per heavy atom. The number of aryl methyl sites for hydroxylation is 1. The van der Waals surface area contributed by atoms with Crippen LogP contribution in [0.5, 0.6) is 17.2 Å². The molecule has 0 saturated heterocycles. The molecule has 0 fully saturated rings. The number of fused-ring (bicyclic) bond motifs is 2. The summed E-state index contributed by atoms with van der Waals surface area (Å²) in [6.45, 7) is 5.11. The molecule has 0 unspecified atom stereocenters. The summed E-state index contributed by atoms with van der Waals surface area (Å²) in [6.07, 6.45) is 3.91. The van der Waals surface area contributed by atoms with Crippen molar-refractivity contribution >= 4 is 22.8 Å². The highest BCUT2D eigenvalue weighted by Gasteiger charge is 2.31. The Labute approximate surface area is 157 Å². The summed E-state index contributed by atoms with van der Waals surface area (Å²) in [4.78, 5) is 12.7. The number of carbonyl (C=O) groups excluding carboxylic acids is 1. The molecule has 0 radical (unpaired) electrons. The monoisotopic (exact) mass is 363 g/mol. The molecule has 0 atom stereocenters. The van der Waals surface area contributed by atoms with Crippen LogP contribution in [-0.2, 0) is 6.54 Å². The van der Waals surface area contributed by atoms with Gasteiger partial charge in [0.2, 0.25) is 5.78 Å². The van der Waals surface area contributed by atoms with Crippen LogP contribution >= 0.6 is 0 Å². The first-order valence-electron chi connectivity index (χ1n) is 9.09. The van der Waals surface area contributed by atoms with Gasteiger partial charge in [0.05, 0.1) is 0 Å². The molecule has 2 heterocycles. The number of ether oxygens (including phenoxy) is 1. The maximum absolute atomic E-state index is 12.7. The van der Waals surface area contributed by atoms with Crippen molar-refractivity contribution in [1.29, 1.82) is 0 Å². The summed E-state index contributed by atoms with van der Waals surface area (Å²) < 4.78 is 7.93. The molecule has 0 aliphatic carbocycles. The van der Waals surface area contributed by atoms with Gasteiger partial charge in [-0.15, -0.1) is 0 Å². The minimum absolute atomic E-state index is 0.0893. The first kappa shape index (κ1) is 17.2. The Morgan fingerprint density at radius 1 is 1.19 bits per heavy atom. The number of Topliss-reactive ketones (excluding diaryl/α,β-unsaturated/α-hetero) is 1. The van der Waals surface area contributed by atoms with E-state index in [1.165, 1.54) is 6.07 Å². The molecule has 5 heteroatoms. The lowest BCUT2D eigenvalue weighted by Crippen LogP contribution is -2.01. The van der Waals surface area contributed by atoms with E-state index in [0.29, 0.717) is 0 Å². The summed E-state index contributed by atoms with van der Waals surface area (Å²) in [7, 11) is 0. The quantitative estimate of drug-likeness (QED) is 0.655. The Bertz CT molecular complexity index is 1090. The SMILES string of the molecule is CCCCn1c(C)c(/C=C2\Oc3cc(O)cc(O)c3C2=O)c2ccccc21. The van der Waals surface area contributed by atoms with Gasteiger partial charge in [-0.1, -0.05) is 31.5 Å². The van der Waals surface area contributed by atoms with E-state index in [4.69, 9.17) is 4.74 Å². The second-order valence-electron chi connectivity index (χ2n) is 6.80. The van der Waals surface area contributed by atoms with Crippen molar-refractivity contribution in [3.05, 3.63) is 59.0 Å². The summed E-state index contributed by atoms with van der Waals surface area (Å²) in [5, 5.41) is 20.7. The van der Waals surface area contributed by atoms with Crippen LogP contribution in [-0.4, -0.2) is 20.6 Å². The fraction of sp³-hybridized carbons (Fsp3) is 0.227. The number of aromatic nitrogens is 1. The lowest BCUT2D eigenvalue weighted by atomic mass is 10.1. The van der Waals surface area contributed by atoms with Crippen LogP contribution in [0.3, 0.4) is 0 Å². The van der Waals surface area contributed by atoms with Gasteiger partial charge >= 0.3 is 0 Å². The van der Waals surface area contributed by atoms with Crippen molar-refractivity contribution in [2.24, 2.45) is 0 Å². The van der Waals surface area contributed by atoms with Crippen molar-refractivity contribution < 1.29 is 19.7 Å². The van der Waals surface area contributed by atoms with Crippen molar-refractivity contribution in [3.8, 4) is 17.2 Å². The summed E-state index contributed by atoms with van der Waals surface area (Å²) in [6, 6.07) is 10.6. The lowest BCUT2D eigenvalue weighted by molar-refractivity contribution is 0.101. The number of phenols is 2. The Morgan fingerprint density at radius 3 is 2.74 bits per heavy atom. The van der Waals surface area contributed by atoms with Crippen LogP contribution in [0.25, 0.3) is 17.0 Å². The number of benzene rings is 2. The van der Waals surface area contributed by atoms with Crippen LogP contribution in [0.15, 0.2) is 42.2 Å². The third-order valence-corrected chi connectivity index (χ3v) is 5.03. The highest BCUT2D eigenvalue weighted by molar-refractivity contribution is 6.17. The average Bonchev–Trinajstić information content (AvgIpc) is 3.09. The number of carbonyl (C=O) groups is 1. The predicted molar refractivity (Wildman–Crippen MR) is 104 cm³/mol. The topological polar surface area (TPSA) is 71.7 Å². The van der Waals surface area contributed by atoms with Crippen LogP contribution in [0.2, 0.25) is 0 Å². The molecule has 0 amide bonds. The summed E-state index contributed by atoms with van der Waals surface area (Å²) in [5.74, 6) is -0.482. The van der Waals surface area contributed by atoms with Gasteiger partial charge in [-0.25, -0.2) is 0 Å². The van der Waals surface area contributed by atoms with Gasteiger partial charge in [0.1, 0.15) is 22.8 Å². The number of rotatable bonds is 4. The van der Waals surface area contributed by atoms with E-state index in [1.807, 2.05) is 25.1 Å². The largest absolute Gasteiger partial charge is 0.508 e. The molecule has 0 spiro atoms. The first-order valence-corrected chi connectivity index (χ1v) is 9.09. The van der Waals surface area contributed by atoms with Gasteiger partial charge < -0.3 is 19.5 Å². The zero-order valence-corrected chi connectivity index (χ0v) is 15.3. The molecule has 2 aromatic carbocycles. The predicted octanol–water partition coefficient (Wildman–Crippen LogP) is 4.78. The Kier molecular flexibility index (Phi) is 4.15. The molecule has 3 aromatic rings. The van der Waals surface area contributed by atoms with E-state index in [-0.39, 0.29) is 34.4 Å². The molecule has 1 aliphatic rings. The van der Waals surface area contributed by atoms with Gasteiger partial charge in [-0.3, -0.25) is 4.79 Å². The number of para-hydroxylation sites is 1. The highest BCUT2D eigenvalue weighted by atomic mass is 16.5. The minimum atomic E-state index is -0.382. The fourth-order valence-corrected chi connectivity index (χ4v) is 3.65. The van der Waals surface area contributed by atoms with Gasteiger partial charge in [-0.05, 0) is 25.5 Å². The fourth-order valence-electron chi connectivity index (χ4n) is 3.65. The molecule has 0 saturated carbocycles. The van der Waals surface area contributed by atoms with E-state index >= 15 is 0 Å². The highest BCUT2D eigenvalue weighted by Crippen LogP contribution is 2.41. The van der Waals surface area contributed by atoms with Gasteiger partial charge in [0.15, 0.2) is 5.76 Å². The number of allylic oxidation sites excluding steroid dienone is 1. The molecular formula is C22H21NO4. The van der Waals surface area contributed by atoms with Crippen molar-refractivity contribution in [2.75, 3.05) is 0 Å². The molecule has 138 valence electrons. The van der Waals surface area contributed by atoms with E-state index in [2.05, 4.69) is 17.6 Å². The number of phenolic OH excluding ortho intramolecular Hbond substituents is 2. The number of ketones is 1. The van der Waals surface area contributed by atoms with E-state index < -0.39 is 0 Å². The zero-order chi connectivity index (χ0) is 19.1. The summed E-state index contributed by atoms with van der Waals surface area (Å²) >= 11 is 0. The van der Waals surface area contributed by atoms with Crippen molar-refractivity contribution in [2.45, 2.75) is 33.2 Å². The normalized spacial score (nSPS) is 14.7. The average molecular weight is 363 g/mol. The smallest absolute Gasteiger partial charge is 0.235 e. The van der Waals surface area contributed by atoms with Crippen LogP contribution in [0.1, 0.15) is 41.4 Å². The van der Waals surface area contributed by atoms with Crippen LogP contribution < -0.4 is 4.74 Å². The number of unbranched alkanes of at least 4 members (excludes halogenated alkanes) is 1.